The maximum Gasteiger partial charge on any atom is 0.430 e. The summed E-state index contributed by atoms with van der Waals surface area (Å²) in [5, 5.41) is 4.28. The summed E-state index contributed by atoms with van der Waals surface area (Å²) in [7, 11) is -3.42. The van der Waals surface area contributed by atoms with E-state index < -0.39 is 38.2 Å². The van der Waals surface area contributed by atoms with E-state index in [9.17, 15) is 13.2 Å². The van der Waals surface area contributed by atoms with Crippen molar-refractivity contribution in [2.45, 2.75) is 76.3 Å². The van der Waals surface area contributed by atoms with E-state index in [1.807, 2.05) is 24.3 Å². The van der Waals surface area contributed by atoms with E-state index in [-0.39, 0.29) is 38.5 Å². The Kier molecular flexibility index (Phi) is 9.86. The van der Waals surface area contributed by atoms with Gasteiger partial charge in [0.25, 0.3) is 10.0 Å². The molecular formula is C29H35BrF2N4O5S2. The lowest BCUT2D eigenvalue weighted by Gasteiger charge is -2.49. The van der Waals surface area contributed by atoms with Crippen LogP contribution in [0.4, 0.5) is 25.1 Å². The van der Waals surface area contributed by atoms with Crippen LogP contribution in [-0.2, 0) is 32.6 Å². The zero-order valence-electron chi connectivity index (χ0n) is 24.8. The van der Waals surface area contributed by atoms with Gasteiger partial charge in [0, 0.05) is 38.2 Å². The summed E-state index contributed by atoms with van der Waals surface area (Å²) in [5.74, 6) is -3.12. The fourth-order valence-corrected chi connectivity index (χ4v) is 7.37. The van der Waals surface area contributed by atoms with Crippen molar-refractivity contribution in [3.05, 3.63) is 68.5 Å². The monoisotopic (exact) mass is 700 g/mol. The summed E-state index contributed by atoms with van der Waals surface area (Å²) in [4.78, 5) is 17.8. The number of rotatable bonds is 10. The lowest BCUT2D eigenvalue weighted by molar-refractivity contribution is -0.0973. The van der Waals surface area contributed by atoms with Gasteiger partial charge in [-0.3, -0.25) is 4.90 Å². The Morgan fingerprint density at radius 2 is 1.88 bits per heavy atom. The number of sulfonamides is 1. The molecule has 1 atom stereocenters. The van der Waals surface area contributed by atoms with Crippen LogP contribution >= 0.6 is 27.3 Å². The van der Waals surface area contributed by atoms with Crippen LogP contribution in [0.25, 0.3) is 0 Å². The third kappa shape index (κ3) is 7.19. The number of benzene rings is 2. The second-order valence-corrected chi connectivity index (χ2v) is 14.9. The molecule has 1 unspecified atom stereocenters. The Morgan fingerprint density at radius 3 is 2.44 bits per heavy atom. The third-order valence-electron chi connectivity index (χ3n) is 7.22. The van der Waals surface area contributed by atoms with E-state index in [0.717, 1.165) is 41.5 Å². The highest BCUT2D eigenvalue weighted by atomic mass is 79.9. The molecule has 2 heterocycles. The number of nitrogens with zero attached hydrogens (tertiary/aromatic N) is 3. The smallest absolute Gasteiger partial charge is 0.430 e. The van der Waals surface area contributed by atoms with E-state index in [4.69, 9.17) is 9.47 Å². The van der Waals surface area contributed by atoms with Crippen LogP contribution in [0.3, 0.4) is 0 Å². The van der Waals surface area contributed by atoms with Gasteiger partial charge in [-0.2, -0.15) is 0 Å². The number of thiazole rings is 1. The van der Waals surface area contributed by atoms with E-state index in [2.05, 4.69) is 45.0 Å². The first-order chi connectivity index (χ1) is 20.1. The molecule has 0 radical (unpaired) electrons. The van der Waals surface area contributed by atoms with Gasteiger partial charge in [-0.05, 0) is 74.2 Å². The molecule has 1 saturated heterocycles. The number of amides is 1. The Balaban J connectivity index is 1.60. The summed E-state index contributed by atoms with van der Waals surface area (Å²) >= 11 is 4.10. The van der Waals surface area contributed by atoms with E-state index in [1.54, 1.807) is 7.11 Å². The van der Waals surface area contributed by atoms with Gasteiger partial charge in [0.15, 0.2) is 16.5 Å². The highest BCUT2D eigenvalue weighted by Gasteiger charge is 2.41. The second-order valence-electron chi connectivity index (χ2n) is 11.7. The molecule has 43 heavy (non-hydrogen) atoms. The predicted molar refractivity (Wildman–Crippen MR) is 166 cm³/mol. The lowest BCUT2D eigenvalue weighted by Crippen LogP contribution is -2.58. The zero-order valence-corrected chi connectivity index (χ0v) is 28.0. The lowest BCUT2D eigenvalue weighted by atomic mass is 9.87. The molecule has 234 valence electrons. The third-order valence-corrected chi connectivity index (χ3v) is 10.3. The molecule has 4 rings (SSSR count). The molecule has 0 aliphatic carbocycles. The number of aromatic nitrogens is 1. The number of carbonyl (C=O) groups is 1. The molecule has 14 heteroatoms. The van der Waals surface area contributed by atoms with Gasteiger partial charge < -0.3 is 14.8 Å². The largest absolute Gasteiger partial charge is 0.443 e. The molecule has 1 aliphatic rings. The van der Waals surface area contributed by atoms with Crippen molar-refractivity contribution in [2.24, 2.45) is 0 Å². The Hall–Kier alpha value is -2.65. The Morgan fingerprint density at radius 1 is 1.21 bits per heavy atom. The molecule has 2 aromatic carbocycles. The summed E-state index contributed by atoms with van der Waals surface area (Å²) in [5.41, 5.74) is 1.86. The summed E-state index contributed by atoms with van der Waals surface area (Å²) in [6, 6.07) is 8.87. The first-order valence-corrected chi connectivity index (χ1v) is 16.7. The molecule has 0 spiro atoms. The highest BCUT2D eigenvalue weighted by molar-refractivity contribution is 9.10. The zero-order chi connectivity index (χ0) is 31.7. The number of likely N-dealkylation sites (tertiary alicyclic amines) is 1. The SMILES string of the molecule is COC(C)(C)C1CCN1Cc1ccccc1CNc1cc(F)c(S(=O)(=O)N(C(=O)OC(C)(C)C)c2cscn2)c(F)c1Br. The number of halogens is 3. The average Bonchev–Trinajstić information content (AvgIpc) is 3.40. The topological polar surface area (TPSA) is 101 Å². The molecular weight excluding hydrogens is 666 g/mol. The molecule has 1 aromatic heterocycles. The van der Waals surface area contributed by atoms with Gasteiger partial charge in [-0.15, -0.1) is 15.6 Å². The van der Waals surface area contributed by atoms with Crippen LogP contribution in [0.1, 0.15) is 52.2 Å². The number of methoxy groups -OCH3 is 1. The van der Waals surface area contributed by atoms with Gasteiger partial charge in [-0.1, -0.05) is 24.3 Å². The van der Waals surface area contributed by atoms with E-state index in [1.165, 1.54) is 31.7 Å². The molecule has 3 aromatic rings. The van der Waals surface area contributed by atoms with E-state index >= 15 is 8.78 Å². The summed E-state index contributed by atoms with van der Waals surface area (Å²) < 4.78 is 69.2. The van der Waals surface area contributed by atoms with Crippen LogP contribution in [-0.4, -0.2) is 55.3 Å². The average molecular weight is 702 g/mol. The standard InChI is InChI=1S/C29H35BrF2N4O5S2/c1-28(2,3)41-27(37)36(23-16-42-17-34-23)43(38,39)26-20(31)13-21(24(30)25(26)32)33-14-18-9-7-8-10-19(18)15-35-12-11-22(35)29(4,5)40-6/h7-10,13,16-17,22,33H,11-12,14-15H2,1-6H3. The first-order valence-electron chi connectivity index (χ1n) is 13.5. The minimum absolute atomic E-state index is 0.00331. The van der Waals surface area contributed by atoms with Crippen molar-refractivity contribution in [3.63, 3.8) is 0 Å². The number of nitrogens with one attached hydrogen (secondary N) is 1. The number of ether oxygens (including phenoxy) is 2. The quantitative estimate of drug-likeness (QED) is 0.228. The van der Waals surface area contributed by atoms with Crippen molar-refractivity contribution in [2.75, 3.05) is 23.3 Å². The van der Waals surface area contributed by atoms with Gasteiger partial charge >= 0.3 is 6.09 Å². The molecule has 1 N–H and O–H groups in total. The molecule has 1 aliphatic heterocycles. The Labute approximate surface area is 263 Å². The maximum absolute atomic E-state index is 15.7. The summed E-state index contributed by atoms with van der Waals surface area (Å²) in [6.45, 7) is 10.6. The predicted octanol–water partition coefficient (Wildman–Crippen LogP) is 6.93. The van der Waals surface area contributed by atoms with Crippen LogP contribution in [0.5, 0.6) is 0 Å². The minimum Gasteiger partial charge on any atom is -0.443 e. The van der Waals surface area contributed by atoms with Gasteiger partial charge in [0.1, 0.15) is 11.4 Å². The molecule has 0 saturated carbocycles. The molecule has 9 nitrogen and oxygen atoms in total. The number of hydrogen-bond acceptors (Lipinski definition) is 9. The number of anilines is 2. The Bertz CT molecular complexity index is 1580. The van der Waals surface area contributed by atoms with Crippen LogP contribution in [0.2, 0.25) is 0 Å². The molecule has 1 fully saturated rings. The molecule has 1 amide bonds. The highest BCUT2D eigenvalue weighted by Crippen LogP contribution is 2.37. The number of hydrogen-bond donors (Lipinski definition) is 1. The van der Waals surface area contributed by atoms with E-state index in [0.29, 0.717) is 6.54 Å². The number of carbonyl (C=O) groups excluding carboxylic acids is 1. The molecule has 0 bridgehead atoms. The van der Waals surface area contributed by atoms with Crippen LogP contribution in [0, 0.1) is 11.6 Å². The van der Waals surface area contributed by atoms with Crippen LogP contribution in [0.15, 0.2) is 50.6 Å². The second kappa shape index (κ2) is 12.8. The van der Waals surface area contributed by atoms with Crippen molar-refractivity contribution in [1.29, 1.82) is 0 Å². The van der Waals surface area contributed by atoms with Crippen molar-refractivity contribution < 1.29 is 31.5 Å². The minimum atomic E-state index is -5.12. The maximum atomic E-state index is 15.7. The summed E-state index contributed by atoms with van der Waals surface area (Å²) in [6.07, 6.45) is -0.319. The normalized spacial score (nSPS) is 16.1. The van der Waals surface area contributed by atoms with Crippen molar-refractivity contribution in [1.82, 2.24) is 9.88 Å². The van der Waals surface area contributed by atoms with Crippen LogP contribution < -0.4 is 9.62 Å². The van der Waals surface area contributed by atoms with Gasteiger partial charge in [-0.25, -0.2) is 27.0 Å². The van der Waals surface area contributed by atoms with Gasteiger partial charge in [0.2, 0.25) is 0 Å². The fraction of sp³-hybridized carbons (Fsp3) is 0.448. The first kappa shape index (κ1) is 33.2. The van der Waals surface area contributed by atoms with Crippen molar-refractivity contribution in [3.8, 4) is 0 Å². The van der Waals surface area contributed by atoms with Gasteiger partial charge in [0.05, 0.1) is 21.3 Å². The fourth-order valence-electron chi connectivity index (χ4n) is 4.81. The van der Waals surface area contributed by atoms with Crippen molar-refractivity contribution >= 4 is 54.9 Å².